The molecule has 0 amide bonds. The van der Waals surface area contributed by atoms with Gasteiger partial charge in [0.05, 0.1) is 0 Å². The average molecular weight is 765 g/mol. The maximum atomic E-state index is 12.7. The van der Waals surface area contributed by atoms with Crippen molar-refractivity contribution >= 4 is 17.9 Å². The van der Waals surface area contributed by atoms with Gasteiger partial charge in [-0.15, -0.1) is 0 Å². The van der Waals surface area contributed by atoms with E-state index < -0.39 is 6.10 Å². The third-order valence-corrected chi connectivity index (χ3v) is 11.1. The summed E-state index contributed by atoms with van der Waals surface area (Å²) in [7, 11) is 0. The molecule has 0 aromatic heterocycles. The molecule has 0 N–H and O–H groups in total. The van der Waals surface area contributed by atoms with Crippen LogP contribution in [0.25, 0.3) is 0 Å². The zero-order valence-electron chi connectivity index (χ0n) is 36.8. The largest absolute Gasteiger partial charge is 0.462 e. The maximum absolute atomic E-state index is 12.7. The lowest BCUT2D eigenvalue weighted by atomic mass is 10.00. The zero-order chi connectivity index (χ0) is 39.7. The van der Waals surface area contributed by atoms with E-state index in [0.717, 1.165) is 69.6 Å². The molecule has 0 aromatic rings. The summed E-state index contributed by atoms with van der Waals surface area (Å²) in [6, 6.07) is 0. The molecular weight excluding hydrogens is 673 g/mol. The zero-order valence-corrected chi connectivity index (χ0v) is 36.8. The van der Waals surface area contributed by atoms with E-state index in [1.807, 2.05) is 0 Å². The number of hydrogen-bond donors (Lipinski definition) is 0. The summed E-state index contributed by atoms with van der Waals surface area (Å²) in [5, 5.41) is 0. The fraction of sp³-hybridized carbons (Fsp3) is 0.938. The molecule has 0 saturated heterocycles. The number of carbonyl (C=O) groups excluding carboxylic acids is 3. The van der Waals surface area contributed by atoms with Gasteiger partial charge in [0, 0.05) is 19.3 Å². The molecule has 0 aliphatic heterocycles. The predicted molar refractivity (Wildman–Crippen MR) is 229 cm³/mol. The summed E-state index contributed by atoms with van der Waals surface area (Å²) in [5.41, 5.74) is 0. The van der Waals surface area contributed by atoms with Gasteiger partial charge >= 0.3 is 17.9 Å². The van der Waals surface area contributed by atoms with E-state index in [1.54, 1.807) is 0 Å². The molecule has 6 nitrogen and oxygen atoms in total. The van der Waals surface area contributed by atoms with Crippen LogP contribution in [0.2, 0.25) is 0 Å². The quantitative estimate of drug-likeness (QED) is 0.0350. The molecule has 0 radical (unpaired) electrons. The number of esters is 3. The molecule has 54 heavy (non-hydrogen) atoms. The first kappa shape index (κ1) is 52.4. The Morgan fingerprint density at radius 1 is 0.389 bits per heavy atom. The molecule has 0 heterocycles. The van der Waals surface area contributed by atoms with Crippen LogP contribution in [-0.4, -0.2) is 37.2 Å². The molecule has 1 unspecified atom stereocenters. The van der Waals surface area contributed by atoms with Gasteiger partial charge in [-0.1, -0.05) is 221 Å². The van der Waals surface area contributed by atoms with Crippen molar-refractivity contribution in [1.29, 1.82) is 0 Å². The second-order valence-electron chi connectivity index (χ2n) is 17.1. The van der Waals surface area contributed by atoms with Gasteiger partial charge in [-0.3, -0.25) is 14.4 Å². The molecular formula is C48H92O6. The molecule has 0 saturated carbocycles. The number of unbranched alkanes of at least 4 members (excludes halogenated alkanes) is 26. The van der Waals surface area contributed by atoms with E-state index in [4.69, 9.17) is 14.2 Å². The lowest BCUT2D eigenvalue weighted by Gasteiger charge is -2.18. The van der Waals surface area contributed by atoms with Crippen molar-refractivity contribution < 1.29 is 28.6 Å². The third-order valence-electron chi connectivity index (χ3n) is 11.1. The van der Waals surface area contributed by atoms with Crippen LogP contribution in [0.5, 0.6) is 0 Å². The lowest BCUT2D eigenvalue weighted by Crippen LogP contribution is -2.30. The summed E-state index contributed by atoms with van der Waals surface area (Å²) in [6.07, 6.45) is 39.4. The highest BCUT2D eigenvalue weighted by Crippen LogP contribution is 2.17. The first-order valence-electron chi connectivity index (χ1n) is 23.8. The van der Waals surface area contributed by atoms with Gasteiger partial charge in [0.1, 0.15) is 13.2 Å². The Hall–Kier alpha value is -1.59. The van der Waals surface area contributed by atoms with Crippen LogP contribution in [0, 0.1) is 11.8 Å². The molecule has 0 aliphatic rings. The van der Waals surface area contributed by atoms with Crippen LogP contribution in [0.3, 0.4) is 0 Å². The molecule has 0 aliphatic carbocycles. The van der Waals surface area contributed by atoms with E-state index in [-0.39, 0.29) is 31.1 Å². The van der Waals surface area contributed by atoms with Crippen LogP contribution in [-0.2, 0) is 28.6 Å². The molecule has 0 rings (SSSR count). The molecule has 0 aromatic carbocycles. The normalized spacial score (nSPS) is 12.6. The molecule has 0 bridgehead atoms. The number of hydrogen-bond acceptors (Lipinski definition) is 6. The van der Waals surface area contributed by atoms with Gasteiger partial charge in [0.2, 0.25) is 0 Å². The highest BCUT2D eigenvalue weighted by atomic mass is 16.6. The van der Waals surface area contributed by atoms with Gasteiger partial charge in [-0.05, 0) is 31.1 Å². The summed E-state index contributed by atoms with van der Waals surface area (Å²) >= 11 is 0. The molecule has 6 heteroatoms. The highest BCUT2D eigenvalue weighted by molar-refractivity contribution is 5.71. The standard InChI is InChI=1S/C48H92O6/c1-6-8-9-10-11-12-13-14-15-19-22-28-33-38-46(49)52-41-45(42-53-47(50)39-34-29-25-24-27-32-37-44(5)7-2)54-48(51)40-35-30-23-20-17-16-18-21-26-31-36-43(3)4/h43-45H,6-42H2,1-5H3/t44?,45-/m1/s1. The van der Waals surface area contributed by atoms with Gasteiger partial charge in [0.25, 0.3) is 0 Å². The Balaban J connectivity index is 4.34. The maximum Gasteiger partial charge on any atom is 0.306 e. The van der Waals surface area contributed by atoms with E-state index in [2.05, 4.69) is 34.6 Å². The van der Waals surface area contributed by atoms with Crippen LogP contribution >= 0.6 is 0 Å². The minimum absolute atomic E-state index is 0.0651. The van der Waals surface area contributed by atoms with Gasteiger partial charge in [-0.2, -0.15) is 0 Å². The summed E-state index contributed by atoms with van der Waals surface area (Å²) < 4.78 is 16.7. The SMILES string of the molecule is CCCCCCCCCCCCCCCC(=O)OC[C@H](COC(=O)CCCCCCCCC(C)CC)OC(=O)CCCCCCCCCCCCC(C)C. The van der Waals surface area contributed by atoms with Crippen LogP contribution in [0.15, 0.2) is 0 Å². The van der Waals surface area contributed by atoms with Gasteiger partial charge < -0.3 is 14.2 Å². The smallest absolute Gasteiger partial charge is 0.306 e. The fourth-order valence-corrected chi connectivity index (χ4v) is 7.07. The molecule has 0 spiro atoms. The van der Waals surface area contributed by atoms with Crippen molar-refractivity contribution in [3.63, 3.8) is 0 Å². The monoisotopic (exact) mass is 765 g/mol. The molecule has 0 fully saturated rings. The summed E-state index contributed by atoms with van der Waals surface area (Å²) in [5.74, 6) is 0.773. The number of ether oxygens (including phenoxy) is 3. The lowest BCUT2D eigenvalue weighted by molar-refractivity contribution is -0.167. The van der Waals surface area contributed by atoms with Crippen molar-refractivity contribution in [3.8, 4) is 0 Å². The van der Waals surface area contributed by atoms with Crippen molar-refractivity contribution in [2.75, 3.05) is 13.2 Å². The first-order chi connectivity index (χ1) is 26.3. The Morgan fingerprint density at radius 2 is 0.704 bits per heavy atom. The van der Waals surface area contributed by atoms with Gasteiger partial charge in [-0.25, -0.2) is 0 Å². The number of carbonyl (C=O) groups is 3. The summed E-state index contributed by atoms with van der Waals surface area (Å²) in [6.45, 7) is 11.3. The van der Waals surface area contributed by atoms with Crippen molar-refractivity contribution in [2.45, 2.75) is 265 Å². The van der Waals surface area contributed by atoms with Crippen LogP contribution in [0.4, 0.5) is 0 Å². The van der Waals surface area contributed by atoms with E-state index in [1.165, 1.54) is 148 Å². The summed E-state index contributed by atoms with van der Waals surface area (Å²) in [4.78, 5) is 37.8. The topological polar surface area (TPSA) is 78.9 Å². The number of rotatable bonds is 42. The Kier molecular flexibility index (Phi) is 39.8. The average Bonchev–Trinajstić information content (AvgIpc) is 3.15. The highest BCUT2D eigenvalue weighted by Gasteiger charge is 2.19. The Labute approximate surface area is 336 Å². The van der Waals surface area contributed by atoms with E-state index in [0.29, 0.717) is 19.3 Å². The van der Waals surface area contributed by atoms with Crippen molar-refractivity contribution in [2.24, 2.45) is 11.8 Å². The second kappa shape index (κ2) is 41.1. The Morgan fingerprint density at radius 3 is 1.06 bits per heavy atom. The minimum Gasteiger partial charge on any atom is -0.462 e. The predicted octanol–water partition coefficient (Wildman–Crippen LogP) is 15.0. The van der Waals surface area contributed by atoms with Crippen molar-refractivity contribution in [3.05, 3.63) is 0 Å². The van der Waals surface area contributed by atoms with Crippen LogP contribution < -0.4 is 0 Å². The molecule has 320 valence electrons. The minimum atomic E-state index is -0.761. The van der Waals surface area contributed by atoms with E-state index >= 15 is 0 Å². The van der Waals surface area contributed by atoms with E-state index in [9.17, 15) is 14.4 Å². The van der Waals surface area contributed by atoms with Crippen LogP contribution in [0.1, 0.15) is 259 Å². The third kappa shape index (κ3) is 40.1. The second-order valence-corrected chi connectivity index (χ2v) is 17.1. The first-order valence-corrected chi connectivity index (χ1v) is 23.8. The molecule has 2 atom stereocenters. The van der Waals surface area contributed by atoms with Gasteiger partial charge in [0.15, 0.2) is 6.10 Å². The fourth-order valence-electron chi connectivity index (χ4n) is 7.07. The van der Waals surface area contributed by atoms with Crippen molar-refractivity contribution in [1.82, 2.24) is 0 Å². The Bertz CT molecular complexity index is 826.